The van der Waals surface area contributed by atoms with Crippen molar-refractivity contribution in [2.45, 2.75) is 44.4 Å². The molecule has 2 aromatic heterocycles. The van der Waals surface area contributed by atoms with E-state index in [2.05, 4.69) is 19.5 Å². The monoisotopic (exact) mass is 584 g/mol. The number of nitrogens with zero attached hydrogens (tertiary/aromatic N) is 5. The lowest BCUT2D eigenvalue weighted by Crippen LogP contribution is -2.39. The fraction of sp³-hybridized carbons (Fsp3) is 0.552. The van der Waals surface area contributed by atoms with Crippen LogP contribution in [0.15, 0.2) is 30.3 Å². The fourth-order valence-corrected chi connectivity index (χ4v) is 6.53. The number of nitrogens with one attached hydrogen (secondary N) is 1. The zero-order valence-corrected chi connectivity index (χ0v) is 24.2. The summed E-state index contributed by atoms with van der Waals surface area (Å²) in [6.45, 7) is 6.33. The van der Waals surface area contributed by atoms with E-state index in [1.807, 2.05) is 0 Å². The van der Waals surface area contributed by atoms with Crippen LogP contribution in [0.2, 0.25) is 0 Å². The highest BCUT2D eigenvalue weighted by Crippen LogP contribution is 2.43. The van der Waals surface area contributed by atoms with Crippen LogP contribution in [-0.4, -0.2) is 86.2 Å². The number of hydrogen-bond acceptors (Lipinski definition) is 8. The lowest BCUT2D eigenvalue weighted by atomic mass is 9.81. The number of halogens is 1. The Labute approximate surface area is 239 Å². The number of hydrogen-bond donors (Lipinski definition) is 1. The number of amides is 1. The van der Waals surface area contributed by atoms with E-state index in [-0.39, 0.29) is 17.4 Å². The van der Waals surface area contributed by atoms with Crippen LogP contribution in [0.25, 0.3) is 16.7 Å². The highest BCUT2D eigenvalue weighted by molar-refractivity contribution is 7.89. The molecule has 1 amide bonds. The van der Waals surface area contributed by atoms with Crippen molar-refractivity contribution in [2.75, 3.05) is 57.1 Å². The van der Waals surface area contributed by atoms with Crippen LogP contribution in [-0.2, 0) is 14.8 Å². The van der Waals surface area contributed by atoms with Gasteiger partial charge in [-0.15, -0.1) is 0 Å². The highest BCUT2D eigenvalue weighted by Gasteiger charge is 2.32. The molecule has 3 fully saturated rings. The standard InChI is InChI=1S/C29H37FN6O4S/c1-41(38,39)33-29(37)24-19-25(35-13-10-20(11-14-35)9-12-34-15-17-40-18-16-34)26-27(21-3-2-4-21)32-36(28(26)31-24)23-7-5-22(30)6-8-23/h5-8,19-21H,2-4,9-18H2,1H3,(H,33,37). The molecule has 4 heterocycles. The van der Waals surface area contributed by atoms with Crippen LogP contribution in [0.5, 0.6) is 0 Å². The molecule has 1 aliphatic carbocycles. The molecule has 0 spiro atoms. The van der Waals surface area contributed by atoms with E-state index in [1.165, 1.54) is 12.1 Å². The van der Waals surface area contributed by atoms with Gasteiger partial charge < -0.3 is 9.64 Å². The number of ether oxygens (including phenoxy) is 1. The number of anilines is 1. The number of piperidine rings is 1. The zero-order chi connectivity index (χ0) is 28.6. The molecule has 3 aliphatic rings. The summed E-state index contributed by atoms with van der Waals surface area (Å²) in [5, 5.41) is 5.87. The molecule has 1 aromatic carbocycles. The summed E-state index contributed by atoms with van der Waals surface area (Å²) < 4.78 is 46.8. The van der Waals surface area contributed by atoms with Gasteiger partial charge in [0.1, 0.15) is 11.5 Å². The highest BCUT2D eigenvalue weighted by atomic mass is 32.2. The number of aromatic nitrogens is 3. The Kier molecular flexibility index (Phi) is 7.97. The van der Waals surface area contributed by atoms with Gasteiger partial charge >= 0.3 is 0 Å². The van der Waals surface area contributed by atoms with Gasteiger partial charge in [-0.25, -0.2) is 27.2 Å². The van der Waals surface area contributed by atoms with Gasteiger partial charge in [-0.1, -0.05) is 6.42 Å². The molecular weight excluding hydrogens is 547 g/mol. The average molecular weight is 585 g/mol. The summed E-state index contributed by atoms with van der Waals surface area (Å²) in [6, 6.07) is 7.73. The van der Waals surface area contributed by atoms with Crippen molar-refractivity contribution < 1.29 is 22.3 Å². The Bertz CT molecular complexity index is 1510. The van der Waals surface area contributed by atoms with E-state index in [0.29, 0.717) is 17.3 Å². The minimum Gasteiger partial charge on any atom is -0.379 e. The molecule has 220 valence electrons. The Morgan fingerprint density at radius 1 is 1.07 bits per heavy atom. The molecule has 1 saturated carbocycles. The van der Waals surface area contributed by atoms with Crippen molar-refractivity contribution in [2.24, 2.45) is 5.92 Å². The molecular formula is C29H37FN6O4S. The van der Waals surface area contributed by atoms with Crippen molar-refractivity contribution in [3.05, 3.63) is 47.5 Å². The van der Waals surface area contributed by atoms with Crippen molar-refractivity contribution in [1.82, 2.24) is 24.4 Å². The van der Waals surface area contributed by atoms with E-state index in [0.717, 1.165) is 107 Å². The Hall–Kier alpha value is -3.09. The van der Waals surface area contributed by atoms with Crippen LogP contribution in [0.4, 0.5) is 10.1 Å². The third-order valence-corrected chi connectivity index (χ3v) is 9.19. The predicted molar refractivity (Wildman–Crippen MR) is 155 cm³/mol. The number of benzene rings is 1. The second-order valence-electron chi connectivity index (χ2n) is 11.5. The number of rotatable bonds is 8. The largest absolute Gasteiger partial charge is 0.379 e. The normalized spacial score (nSPS) is 19.4. The molecule has 41 heavy (non-hydrogen) atoms. The van der Waals surface area contributed by atoms with E-state index in [1.54, 1.807) is 22.9 Å². The first kappa shape index (κ1) is 28.0. The summed E-state index contributed by atoms with van der Waals surface area (Å²) in [6.07, 6.45) is 7.33. The van der Waals surface area contributed by atoms with Crippen molar-refractivity contribution >= 4 is 32.7 Å². The first-order valence-electron chi connectivity index (χ1n) is 14.5. The SMILES string of the molecule is CS(=O)(=O)NC(=O)c1cc(N2CCC(CCN3CCOCC3)CC2)c2c(C3CCC3)nn(-c3ccc(F)cc3)c2n1. The Balaban J connectivity index is 1.36. The fourth-order valence-electron chi connectivity index (χ4n) is 6.09. The molecule has 6 rings (SSSR count). The second kappa shape index (κ2) is 11.7. The molecule has 3 aromatic rings. The summed E-state index contributed by atoms with van der Waals surface area (Å²) in [4.78, 5) is 22.5. The molecule has 1 N–H and O–H groups in total. The molecule has 0 atom stereocenters. The quantitative estimate of drug-likeness (QED) is 0.429. The van der Waals surface area contributed by atoms with E-state index in [9.17, 15) is 17.6 Å². The predicted octanol–water partition coefficient (Wildman–Crippen LogP) is 3.46. The average Bonchev–Trinajstić information content (AvgIpc) is 3.30. The maximum Gasteiger partial charge on any atom is 0.283 e. The van der Waals surface area contributed by atoms with E-state index >= 15 is 0 Å². The molecule has 10 nitrogen and oxygen atoms in total. The van der Waals surface area contributed by atoms with Gasteiger partial charge in [-0.05, 0) is 74.9 Å². The van der Waals surface area contributed by atoms with Gasteiger partial charge in [0.05, 0.1) is 41.9 Å². The molecule has 12 heteroatoms. The van der Waals surface area contributed by atoms with Crippen molar-refractivity contribution in [1.29, 1.82) is 0 Å². The van der Waals surface area contributed by atoms with Crippen LogP contribution in [0, 0.1) is 11.7 Å². The minimum atomic E-state index is -3.78. The summed E-state index contributed by atoms with van der Waals surface area (Å²) in [7, 11) is -3.78. The first-order valence-corrected chi connectivity index (χ1v) is 16.4. The summed E-state index contributed by atoms with van der Waals surface area (Å²) in [5.41, 5.74) is 2.90. The number of pyridine rings is 1. The summed E-state index contributed by atoms with van der Waals surface area (Å²) in [5.74, 6) is -0.246. The van der Waals surface area contributed by atoms with Gasteiger partial charge in [0, 0.05) is 32.1 Å². The van der Waals surface area contributed by atoms with Crippen LogP contribution in [0.1, 0.15) is 60.6 Å². The molecule has 0 radical (unpaired) electrons. The lowest BCUT2D eigenvalue weighted by Gasteiger charge is -2.36. The third kappa shape index (κ3) is 6.24. The van der Waals surface area contributed by atoms with E-state index < -0.39 is 15.9 Å². The van der Waals surface area contributed by atoms with Gasteiger partial charge in [0.25, 0.3) is 5.91 Å². The maximum absolute atomic E-state index is 13.8. The molecule has 2 saturated heterocycles. The second-order valence-corrected chi connectivity index (χ2v) is 13.3. The lowest BCUT2D eigenvalue weighted by molar-refractivity contribution is 0.0349. The molecule has 0 bridgehead atoms. The first-order chi connectivity index (χ1) is 19.7. The number of sulfonamides is 1. The molecule has 0 unspecified atom stereocenters. The number of fused-ring (bicyclic) bond motifs is 1. The Morgan fingerprint density at radius 3 is 2.41 bits per heavy atom. The third-order valence-electron chi connectivity index (χ3n) is 8.63. The van der Waals surface area contributed by atoms with Gasteiger partial charge in [-0.3, -0.25) is 9.69 Å². The van der Waals surface area contributed by atoms with E-state index in [4.69, 9.17) is 9.84 Å². The zero-order valence-electron chi connectivity index (χ0n) is 23.4. The van der Waals surface area contributed by atoms with Crippen LogP contribution in [0.3, 0.4) is 0 Å². The van der Waals surface area contributed by atoms with Gasteiger partial charge in [-0.2, -0.15) is 5.10 Å². The Morgan fingerprint density at radius 2 is 1.78 bits per heavy atom. The number of carbonyl (C=O) groups is 1. The van der Waals surface area contributed by atoms with Crippen LogP contribution < -0.4 is 9.62 Å². The topological polar surface area (TPSA) is 110 Å². The van der Waals surface area contributed by atoms with Crippen molar-refractivity contribution in [3.8, 4) is 5.69 Å². The van der Waals surface area contributed by atoms with Gasteiger partial charge in [0.2, 0.25) is 10.0 Å². The molecule has 2 aliphatic heterocycles. The van der Waals surface area contributed by atoms with Gasteiger partial charge in [0.15, 0.2) is 5.65 Å². The maximum atomic E-state index is 13.8. The number of carbonyl (C=O) groups excluding carboxylic acids is 1. The van der Waals surface area contributed by atoms with Crippen molar-refractivity contribution in [3.63, 3.8) is 0 Å². The number of morpholine rings is 1. The minimum absolute atomic E-state index is 0.00999. The summed E-state index contributed by atoms with van der Waals surface area (Å²) >= 11 is 0. The smallest absolute Gasteiger partial charge is 0.283 e. The van der Waals surface area contributed by atoms with Crippen LogP contribution >= 0.6 is 0 Å².